The van der Waals surface area contributed by atoms with Crippen LogP contribution < -0.4 is 9.91 Å². The number of amides is 2. The van der Waals surface area contributed by atoms with E-state index in [2.05, 4.69) is 16.4 Å². The molecule has 0 N–H and O–H groups in total. The molecule has 2 atom stereocenters. The Bertz CT molecular complexity index is 926. The monoisotopic (exact) mass is 348 g/mol. The van der Waals surface area contributed by atoms with Gasteiger partial charge in [0.25, 0.3) is 11.8 Å². The Morgan fingerprint density at radius 1 is 0.731 bits per heavy atom. The molecule has 0 unspecified atom stereocenters. The second-order valence-corrected chi connectivity index (χ2v) is 7.14. The van der Waals surface area contributed by atoms with E-state index in [0.29, 0.717) is 5.69 Å². The summed E-state index contributed by atoms with van der Waals surface area (Å²) < 4.78 is 0. The van der Waals surface area contributed by atoms with Crippen molar-refractivity contribution in [2.75, 3.05) is 9.91 Å². The normalized spacial score (nSPS) is 21.7. The molecule has 0 spiro atoms. The number of carbonyl (C=O) groups excluding carboxylic acids is 2. The van der Waals surface area contributed by atoms with Crippen molar-refractivity contribution in [2.24, 2.45) is 10.3 Å². The van der Waals surface area contributed by atoms with E-state index in [9.17, 15) is 9.59 Å². The molecule has 6 nitrogen and oxygen atoms in total. The fourth-order valence-corrected chi connectivity index (χ4v) is 3.79. The zero-order chi connectivity index (χ0) is 18.6. The van der Waals surface area contributed by atoms with Gasteiger partial charge in [0.1, 0.15) is 0 Å². The van der Waals surface area contributed by atoms with Crippen LogP contribution in [0.2, 0.25) is 0 Å². The highest BCUT2D eigenvalue weighted by Gasteiger charge is 2.55. The second-order valence-electron chi connectivity index (χ2n) is 7.14. The first kappa shape index (κ1) is 16.4. The van der Waals surface area contributed by atoms with Gasteiger partial charge in [-0.25, -0.2) is 9.91 Å². The highest BCUT2D eigenvalue weighted by atomic mass is 16.2. The number of benzene rings is 2. The van der Waals surface area contributed by atoms with Crippen LogP contribution in [-0.2, 0) is 9.59 Å². The fraction of sp³-hybridized carbons (Fsp3) is 0.300. The SMILES string of the molecule is Cc1cc(C)cc(N2C(=O)[C@@H]3[C@@H](N=NN3c3cc(C)cc(C)c3)C2=O)c1. The second kappa shape index (κ2) is 5.76. The van der Waals surface area contributed by atoms with Crippen molar-refractivity contribution in [3.8, 4) is 0 Å². The Hall–Kier alpha value is -3.02. The molecule has 0 bridgehead atoms. The molecule has 4 rings (SSSR count). The lowest BCUT2D eigenvalue weighted by molar-refractivity contribution is -0.121. The topological polar surface area (TPSA) is 65.3 Å². The van der Waals surface area contributed by atoms with Crippen molar-refractivity contribution in [2.45, 2.75) is 39.8 Å². The number of nitrogens with zero attached hydrogens (tertiary/aromatic N) is 4. The minimum atomic E-state index is -0.788. The number of carbonyl (C=O) groups is 2. The average Bonchev–Trinajstić information content (AvgIpc) is 3.06. The van der Waals surface area contributed by atoms with Crippen molar-refractivity contribution in [1.82, 2.24) is 0 Å². The lowest BCUT2D eigenvalue weighted by Crippen LogP contribution is -2.40. The maximum absolute atomic E-state index is 13.1. The summed E-state index contributed by atoms with van der Waals surface area (Å²) in [6.45, 7) is 7.88. The van der Waals surface area contributed by atoms with Crippen LogP contribution in [-0.4, -0.2) is 23.9 Å². The van der Waals surface area contributed by atoms with E-state index in [1.54, 1.807) is 5.01 Å². The third-order valence-corrected chi connectivity index (χ3v) is 4.72. The fourth-order valence-electron chi connectivity index (χ4n) is 3.79. The van der Waals surface area contributed by atoms with Gasteiger partial charge in [-0.05, 0) is 74.2 Å². The van der Waals surface area contributed by atoms with Crippen molar-refractivity contribution in [3.63, 3.8) is 0 Å². The Kier molecular flexibility index (Phi) is 3.64. The third-order valence-electron chi connectivity index (χ3n) is 4.72. The molecule has 0 aromatic heterocycles. The molecule has 1 saturated heterocycles. The Balaban J connectivity index is 1.74. The number of fused-ring (bicyclic) bond motifs is 1. The van der Waals surface area contributed by atoms with Crippen LogP contribution >= 0.6 is 0 Å². The number of imide groups is 1. The van der Waals surface area contributed by atoms with Crippen molar-refractivity contribution < 1.29 is 9.59 Å². The van der Waals surface area contributed by atoms with Gasteiger partial charge in [-0.3, -0.25) is 9.59 Å². The molecular formula is C20H20N4O2. The van der Waals surface area contributed by atoms with E-state index in [-0.39, 0.29) is 11.8 Å². The van der Waals surface area contributed by atoms with E-state index in [1.807, 2.05) is 58.0 Å². The van der Waals surface area contributed by atoms with Crippen LogP contribution in [0, 0.1) is 27.7 Å². The number of hydrogen-bond donors (Lipinski definition) is 0. The van der Waals surface area contributed by atoms with Crippen LogP contribution in [0.3, 0.4) is 0 Å². The van der Waals surface area contributed by atoms with Crippen LogP contribution in [0.15, 0.2) is 46.7 Å². The zero-order valence-electron chi connectivity index (χ0n) is 15.2. The summed E-state index contributed by atoms with van der Waals surface area (Å²) >= 11 is 0. The number of rotatable bonds is 2. The van der Waals surface area contributed by atoms with Crippen molar-refractivity contribution >= 4 is 23.2 Å². The van der Waals surface area contributed by atoms with Crippen LogP contribution in [0.25, 0.3) is 0 Å². The molecule has 2 amide bonds. The van der Waals surface area contributed by atoms with Crippen LogP contribution in [0.1, 0.15) is 22.3 Å². The molecule has 132 valence electrons. The van der Waals surface area contributed by atoms with Gasteiger partial charge in [-0.2, -0.15) is 5.11 Å². The highest BCUT2D eigenvalue weighted by Crippen LogP contribution is 2.36. The van der Waals surface area contributed by atoms with E-state index < -0.39 is 12.1 Å². The first-order chi connectivity index (χ1) is 12.3. The molecule has 2 aliphatic heterocycles. The van der Waals surface area contributed by atoms with E-state index in [1.165, 1.54) is 4.90 Å². The smallest absolute Gasteiger partial charge is 0.263 e. The average molecular weight is 348 g/mol. The summed E-state index contributed by atoms with van der Waals surface area (Å²) in [5, 5.41) is 9.81. The summed E-state index contributed by atoms with van der Waals surface area (Å²) in [6, 6.07) is 10.2. The molecule has 2 aromatic rings. The summed E-state index contributed by atoms with van der Waals surface area (Å²) in [6.07, 6.45) is 0. The molecule has 1 fully saturated rings. The predicted molar refractivity (Wildman–Crippen MR) is 99.2 cm³/mol. The van der Waals surface area contributed by atoms with E-state index in [4.69, 9.17) is 0 Å². The summed E-state index contributed by atoms with van der Waals surface area (Å²) in [5.74, 6) is -0.602. The van der Waals surface area contributed by atoms with Gasteiger partial charge in [-0.1, -0.05) is 17.4 Å². The van der Waals surface area contributed by atoms with Crippen LogP contribution in [0.4, 0.5) is 11.4 Å². The van der Waals surface area contributed by atoms with Gasteiger partial charge in [0.05, 0.1) is 11.4 Å². The van der Waals surface area contributed by atoms with Gasteiger partial charge in [0.15, 0.2) is 12.1 Å². The molecule has 2 heterocycles. The molecular weight excluding hydrogens is 328 g/mol. The Labute approximate surface area is 152 Å². The minimum absolute atomic E-state index is 0.283. The molecule has 2 aromatic carbocycles. The summed E-state index contributed by atoms with van der Waals surface area (Å²) in [7, 11) is 0. The quantitative estimate of drug-likeness (QED) is 0.781. The van der Waals surface area contributed by atoms with E-state index in [0.717, 1.165) is 27.9 Å². The Morgan fingerprint density at radius 2 is 1.23 bits per heavy atom. The Morgan fingerprint density at radius 3 is 1.77 bits per heavy atom. The molecule has 0 saturated carbocycles. The number of anilines is 2. The van der Waals surface area contributed by atoms with Crippen molar-refractivity contribution in [1.29, 1.82) is 0 Å². The zero-order valence-corrected chi connectivity index (χ0v) is 15.2. The maximum atomic E-state index is 13.1. The first-order valence-corrected chi connectivity index (χ1v) is 8.59. The lowest BCUT2D eigenvalue weighted by Gasteiger charge is -2.21. The van der Waals surface area contributed by atoms with Gasteiger partial charge < -0.3 is 0 Å². The molecule has 2 aliphatic rings. The standard InChI is InChI=1S/C20H20N4O2/c1-11-5-12(2)8-15(7-11)23-19(25)17-18(20(23)26)24(22-21-17)16-9-13(3)6-14(4)10-16/h5-10,17-18H,1-4H3/t17-,18+/m1/s1. The van der Waals surface area contributed by atoms with Crippen molar-refractivity contribution in [3.05, 3.63) is 58.7 Å². The van der Waals surface area contributed by atoms with Crippen LogP contribution in [0.5, 0.6) is 0 Å². The lowest BCUT2D eigenvalue weighted by atomic mass is 10.1. The van der Waals surface area contributed by atoms with Gasteiger partial charge in [-0.15, -0.1) is 0 Å². The minimum Gasteiger partial charge on any atom is -0.271 e. The predicted octanol–water partition coefficient (Wildman–Crippen LogP) is 3.42. The molecule has 0 aliphatic carbocycles. The van der Waals surface area contributed by atoms with E-state index >= 15 is 0 Å². The molecule has 6 heteroatoms. The molecule has 26 heavy (non-hydrogen) atoms. The summed E-state index contributed by atoms with van der Waals surface area (Å²) in [4.78, 5) is 27.2. The maximum Gasteiger partial charge on any atom is 0.263 e. The highest BCUT2D eigenvalue weighted by molar-refractivity contribution is 6.26. The summed E-state index contributed by atoms with van der Waals surface area (Å²) in [5.41, 5.74) is 5.53. The van der Waals surface area contributed by atoms with Gasteiger partial charge >= 0.3 is 0 Å². The van der Waals surface area contributed by atoms with Gasteiger partial charge in [0, 0.05) is 0 Å². The third kappa shape index (κ3) is 2.49. The molecule has 0 radical (unpaired) electrons. The largest absolute Gasteiger partial charge is 0.271 e. The number of hydrogen-bond acceptors (Lipinski definition) is 5. The first-order valence-electron chi connectivity index (χ1n) is 8.59. The van der Waals surface area contributed by atoms with Gasteiger partial charge in [0.2, 0.25) is 0 Å². The number of aryl methyl sites for hydroxylation is 4.